The maximum atomic E-state index is 10.0. The van der Waals surface area contributed by atoms with Crippen LogP contribution < -0.4 is 9.62 Å². The van der Waals surface area contributed by atoms with E-state index >= 15 is 0 Å². The Kier molecular flexibility index (Phi) is 8.88. The number of carbonyl (C=O) groups is 1. The van der Waals surface area contributed by atoms with Crippen molar-refractivity contribution in [1.29, 1.82) is 0 Å². The standard InChI is InChI=1S/C12H12BN4.C5H8O2.Ir/c1-3-7-14-11(5-1)16-9-10-17(13-16)12-6-2-4-8-15-12;1-4(6)3-5(2)7;/h1-8H,9-10H2;3,6H,1-2H3;/b;4-3-;. The average Bonchev–Trinajstić information content (AvgIpc) is 3.06. The molecule has 3 rings (SSSR count). The van der Waals surface area contributed by atoms with Crippen LogP contribution in [0.5, 0.6) is 0 Å². The van der Waals surface area contributed by atoms with Gasteiger partial charge in [0.05, 0.1) is 5.76 Å². The summed E-state index contributed by atoms with van der Waals surface area (Å²) in [5.41, 5.74) is 0. The predicted molar refractivity (Wildman–Crippen MR) is 96.0 cm³/mol. The summed E-state index contributed by atoms with van der Waals surface area (Å²) in [7, 11) is 2.06. The molecule has 1 fully saturated rings. The van der Waals surface area contributed by atoms with E-state index in [1.54, 1.807) is 0 Å². The SMILES string of the molecule is CC(=O)/C=C(/C)O.[B]1N(c2ccccn2)CCN1c1ccccn1.[Ir]. The van der Waals surface area contributed by atoms with E-state index in [-0.39, 0.29) is 31.6 Å². The molecule has 1 N–H and O–H groups in total. The Hall–Kier alpha value is -2.18. The molecule has 1 saturated heterocycles. The van der Waals surface area contributed by atoms with Crippen LogP contribution in [0.15, 0.2) is 60.6 Å². The first-order chi connectivity index (χ1) is 11.6. The molecule has 0 atom stereocenters. The van der Waals surface area contributed by atoms with E-state index in [0.717, 1.165) is 24.7 Å². The van der Waals surface area contributed by atoms with E-state index in [1.807, 2.05) is 48.8 Å². The Morgan fingerprint density at radius 3 is 1.80 bits per heavy atom. The fourth-order valence-electron chi connectivity index (χ4n) is 2.19. The molecule has 2 aromatic heterocycles. The second-order valence-electron chi connectivity index (χ2n) is 5.27. The topological polar surface area (TPSA) is 69.6 Å². The first kappa shape index (κ1) is 20.9. The first-order valence-corrected chi connectivity index (χ1v) is 7.64. The maximum absolute atomic E-state index is 10.0. The van der Waals surface area contributed by atoms with Gasteiger partial charge in [0.15, 0.2) is 5.78 Å². The van der Waals surface area contributed by atoms with Crippen LogP contribution in [0.25, 0.3) is 0 Å². The van der Waals surface area contributed by atoms with Crippen molar-refractivity contribution >= 4 is 25.0 Å². The van der Waals surface area contributed by atoms with E-state index in [0.29, 0.717) is 0 Å². The van der Waals surface area contributed by atoms with Crippen LogP contribution in [0.4, 0.5) is 11.6 Å². The molecule has 0 amide bonds. The first-order valence-electron chi connectivity index (χ1n) is 7.64. The van der Waals surface area contributed by atoms with Gasteiger partial charge in [-0.15, -0.1) is 0 Å². The number of ketones is 1. The zero-order valence-corrected chi connectivity index (χ0v) is 16.6. The van der Waals surface area contributed by atoms with Crippen LogP contribution in [0.3, 0.4) is 0 Å². The van der Waals surface area contributed by atoms with Gasteiger partial charge in [0.25, 0.3) is 0 Å². The second-order valence-corrected chi connectivity index (χ2v) is 5.27. The van der Waals surface area contributed by atoms with E-state index in [9.17, 15) is 4.79 Å². The number of nitrogens with zero attached hydrogens (tertiary/aromatic N) is 4. The average molecular weight is 515 g/mol. The van der Waals surface area contributed by atoms with Gasteiger partial charge < -0.3 is 14.7 Å². The van der Waals surface area contributed by atoms with Crippen molar-refractivity contribution in [2.75, 3.05) is 22.7 Å². The zero-order chi connectivity index (χ0) is 17.4. The molecule has 0 unspecified atom stereocenters. The Morgan fingerprint density at radius 2 is 1.52 bits per heavy atom. The van der Waals surface area contributed by atoms with E-state index in [4.69, 9.17) is 5.11 Å². The Balaban J connectivity index is 0.000000339. The van der Waals surface area contributed by atoms with Gasteiger partial charge in [-0.05, 0) is 38.1 Å². The van der Waals surface area contributed by atoms with Crippen molar-refractivity contribution in [3.05, 3.63) is 60.6 Å². The van der Waals surface area contributed by atoms with Crippen molar-refractivity contribution in [3.63, 3.8) is 0 Å². The monoisotopic (exact) mass is 516 g/mol. The van der Waals surface area contributed by atoms with Gasteiger partial charge in [-0.2, -0.15) is 0 Å². The Morgan fingerprint density at radius 1 is 1.04 bits per heavy atom. The fourth-order valence-corrected chi connectivity index (χ4v) is 2.19. The van der Waals surface area contributed by atoms with E-state index in [1.165, 1.54) is 19.9 Å². The van der Waals surface area contributed by atoms with Crippen LogP contribution in [-0.4, -0.2) is 41.5 Å². The summed E-state index contributed by atoms with van der Waals surface area (Å²) in [6.07, 6.45) is 4.79. The third-order valence-electron chi connectivity index (χ3n) is 3.16. The predicted octanol–water partition coefficient (Wildman–Crippen LogP) is 2.37. The van der Waals surface area contributed by atoms with Gasteiger partial charge in [0.1, 0.15) is 11.6 Å². The van der Waals surface area contributed by atoms with Crippen molar-refractivity contribution < 1.29 is 30.0 Å². The summed E-state index contributed by atoms with van der Waals surface area (Å²) in [4.78, 5) is 23.0. The molecule has 0 spiro atoms. The Labute approximate surface area is 162 Å². The summed E-state index contributed by atoms with van der Waals surface area (Å²) in [6, 6.07) is 11.9. The molecule has 0 bridgehead atoms. The number of hydrogen-bond acceptors (Lipinski definition) is 6. The summed E-state index contributed by atoms with van der Waals surface area (Å²) >= 11 is 0. The molecule has 132 valence electrons. The maximum Gasteiger partial charge on any atom is 0.394 e. The van der Waals surface area contributed by atoms with Gasteiger partial charge in [0.2, 0.25) is 0 Å². The van der Waals surface area contributed by atoms with Crippen LogP contribution >= 0.6 is 0 Å². The molecule has 0 aliphatic carbocycles. The third-order valence-corrected chi connectivity index (χ3v) is 3.16. The van der Waals surface area contributed by atoms with E-state index in [2.05, 4.69) is 27.1 Å². The minimum Gasteiger partial charge on any atom is -0.512 e. The minimum atomic E-state index is -0.125. The van der Waals surface area contributed by atoms with Crippen LogP contribution in [-0.2, 0) is 24.9 Å². The molecular weight excluding hydrogens is 495 g/mol. The smallest absolute Gasteiger partial charge is 0.394 e. The molecule has 8 heteroatoms. The van der Waals surface area contributed by atoms with Crippen molar-refractivity contribution in [2.24, 2.45) is 0 Å². The van der Waals surface area contributed by atoms with Crippen LogP contribution in [0.1, 0.15) is 13.8 Å². The molecule has 1 aliphatic heterocycles. The Bertz CT molecular complexity index is 636. The second kappa shape index (κ2) is 10.6. The van der Waals surface area contributed by atoms with Gasteiger partial charge >= 0.3 is 7.55 Å². The summed E-state index contributed by atoms with van der Waals surface area (Å²) in [5, 5.41) is 8.36. The number of carbonyl (C=O) groups excluding carboxylic acids is 1. The molecule has 25 heavy (non-hydrogen) atoms. The molecule has 0 aromatic carbocycles. The molecular formula is C17H20BIrN4O2. The summed E-state index contributed by atoms with van der Waals surface area (Å²) in [5.74, 6) is 1.89. The summed E-state index contributed by atoms with van der Waals surface area (Å²) < 4.78 is 0. The van der Waals surface area contributed by atoms with Crippen molar-refractivity contribution in [3.8, 4) is 0 Å². The number of aliphatic hydroxyl groups is 1. The summed E-state index contributed by atoms with van der Waals surface area (Å²) in [6.45, 7) is 4.72. The van der Waals surface area contributed by atoms with Gasteiger partial charge in [-0.25, -0.2) is 9.97 Å². The number of pyridine rings is 2. The normalized spacial score (nSPS) is 13.3. The quantitative estimate of drug-likeness (QED) is 0.385. The molecule has 2 radical (unpaired) electrons. The van der Waals surface area contributed by atoms with E-state index < -0.39 is 0 Å². The number of rotatable bonds is 3. The van der Waals surface area contributed by atoms with Crippen molar-refractivity contribution in [1.82, 2.24) is 9.97 Å². The number of anilines is 2. The van der Waals surface area contributed by atoms with Gasteiger partial charge in [0, 0.05) is 51.7 Å². The number of allylic oxidation sites excluding steroid dienone is 2. The van der Waals surface area contributed by atoms with Gasteiger partial charge in [-0.1, -0.05) is 12.1 Å². The minimum absolute atomic E-state index is 0. The van der Waals surface area contributed by atoms with Crippen LogP contribution in [0, 0.1) is 0 Å². The largest absolute Gasteiger partial charge is 0.512 e. The molecule has 6 nitrogen and oxygen atoms in total. The van der Waals surface area contributed by atoms with Crippen LogP contribution in [0.2, 0.25) is 0 Å². The third kappa shape index (κ3) is 7.07. The fraction of sp³-hybridized carbons (Fsp3) is 0.235. The zero-order valence-electron chi connectivity index (χ0n) is 14.2. The van der Waals surface area contributed by atoms with Crippen molar-refractivity contribution in [2.45, 2.75) is 13.8 Å². The molecule has 3 heterocycles. The van der Waals surface area contributed by atoms with Gasteiger partial charge in [-0.3, -0.25) is 4.79 Å². The molecule has 0 saturated carbocycles. The number of hydrogen-bond donors (Lipinski definition) is 1. The number of aliphatic hydroxyl groups excluding tert-OH is 1. The molecule has 1 aliphatic rings. The number of aromatic nitrogens is 2. The molecule has 2 aromatic rings.